The lowest BCUT2D eigenvalue weighted by Crippen LogP contribution is -2.02. The lowest BCUT2D eigenvalue weighted by Gasteiger charge is -2.16. The molecule has 2 aromatic carbocycles. The third-order valence-electron chi connectivity index (χ3n) is 4.03. The summed E-state index contributed by atoms with van der Waals surface area (Å²) in [6.07, 6.45) is 1.91. The molecular formula is C16H12N2O2. The van der Waals surface area contributed by atoms with Crippen LogP contribution < -0.4 is 0 Å². The smallest absolute Gasteiger partial charge is 0.270 e. The average Bonchev–Trinajstić information content (AvgIpc) is 2.85. The Balaban J connectivity index is 2.02. The van der Waals surface area contributed by atoms with Crippen LogP contribution in [0, 0.1) is 10.1 Å². The number of nitro benzene ring substituents is 1. The maximum absolute atomic E-state index is 10.9. The van der Waals surface area contributed by atoms with Crippen LogP contribution in [0.3, 0.4) is 0 Å². The van der Waals surface area contributed by atoms with E-state index >= 15 is 0 Å². The molecule has 0 spiro atoms. The van der Waals surface area contributed by atoms with Crippen molar-refractivity contribution in [1.29, 1.82) is 0 Å². The third kappa shape index (κ3) is 1.48. The first-order valence-corrected chi connectivity index (χ1v) is 6.61. The lowest BCUT2D eigenvalue weighted by atomic mass is 9.89. The summed E-state index contributed by atoms with van der Waals surface area (Å²) in [6.45, 7) is 0. The Morgan fingerprint density at radius 1 is 1.10 bits per heavy atom. The van der Waals surface area contributed by atoms with E-state index in [1.165, 1.54) is 16.7 Å². The van der Waals surface area contributed by atoms with Gasteiger partial charge in [0.05, 0.1) is 4.92 Å². The topological polar surface area (TPSA) is 58.9 Å². The summed E-state index contributed by atoms with van der Waals surface area (Å²) in [4.78, 5) is 14.0. The second-order valence-corrected chi connectivity index (χ2v) is 5.12. The second kappa shape index (κ2) is 3.93. The zero-order valence-electron chi connectivity index (χ0n) is 10.7. The minimum atomic E-state index is -0.338. The van der Waals surface area contributed by atoms with Gasteiger partial charge in [-0.1, -0.05) is 24.3 Å². The molecular weight excluding hydrogens is 252 g/mol. The molecule has 4 rings (SSSR count). The summed E-state index contributed by atoms with van der Waals surface area (Å²) in [7, 11) is 0. The zero-order chi connectivity index (χ0) is 13.7. The predicted molar refractivity (Wildman–Crippen MR) is 77.8 cm³/mol. The van der Waals surface area contributed by atoms with Gasteiger partial charge in [-0.25, -0.2) is 0 Å². The Kier molecular flexibility index (Phi) is 2.21. The largest absolute Gasteiger partial charge is 0.354 e. The van der Waals surface area contributed by atoms with E-state index in [1.54, 1.807) is 18.2 Å². The number of benzene rings is 2. The Bertz CT molecular complexity index is 849. The number of hydrogen-bond donors (Lipinski definition) is 1. The number of fused-ring (bicyclic) bond motifs is 5. The Hall–Kier alpha value is -2.62. The van der Waals surface area contributed by atoms with Crippen molar-refractivity contribution in [1.82, 2.24) is 4.98 Å². The summed E-state index contributed by atoms with van der Waals surface area (Å²) in [5.41, 5.74) is 5.98. The van der Waals surface area contributed by atoms with Gasteiger partial charge in [-0.3, -0.25) is 10.1 Å². The average molecular weight is 264 g/mol. The van der Waals surface area contributed by atoms with Crippen molar-refractivity contribution in [2.75, 3.05) is 0 Å². The highest BCUT2D eigenvalue weighted by Gasteiger charge is 2.21. The van der Waals surface area contributed by atoms with Crippen LogP contribution in [0.25, 0.3) is 22.2 Å². The van der Waals surface area contributed by atoms with Gasteiger partial charge >= 0.3 is 0 Å². The zero-order valence-corrected chi connectivity index (χ0v) is 10.7. The number of aromatic amines is 1. The van der Waals surface area contributed by atoms with Crippen molar-refractivity contribution >= 4 is 16.6 Å². The van der Waals surface area contributed by atoms with Crippen LogP contribution in [-0.4, -0.2) is 9.91 Å². The molecule has 0 unspecified atom stereocenters. The fourth-order valence-electron chi connectivity index (χ4n) is 3.08. The third-order valence-corrected chi connectivity index (χ3v) is 4.03. The maximum Gasteiger partial charge on any atom is 0.270 e. The van der Waals surface area contributed by atoms with Gasteiger partial charge in [0, 0.05) is 34.3 Å². The summed E-state index contributed by atoms with van der Waals surface area (Å²) in [5.74, 6) is 0. The molecule has 20 heavy (non-hydrogen) atoms. The van der Waals surface area contributed by atoms with Crippen molar-refractivity contribution in [2.45, 2.75) is 12.8 Å². The number of hydrogen-bond acceptors (Lipinski definition) is 2. The van der Waals surface area contributed by atoms with E-state index in [4.69, 9.17) is 0 Å². The maximum atomic E-state index is 10.9. The first kappa shape index (κ1) is 11.2. The molecule has 0 radical (unpaired) electrons. The molecule has 1 aliphatic rings. The van der Waals surface area contributed by atoms with E-state index in [-0.39, 0.29) is 10.6 Å². The van der Waals surface area contributed by atoms with E-state index in [1.807, 2.05) is 6.07 Å². The lowest BCUT2D eigenvalue weighted by molar-refractivity contribution is -0.384. The van der Waals surface area contributed by atoms with E-state index < -0.39 is 0 Å². The van der Waals surface area contributed by atoms with Crippen LogP contribution >= 0.6 is 0 Å². The van der Waals surface area contributed by atoms with Gasteiger partial charge in [-0.05, 0) is 30.0 Å². The van der Waals surface area contributed by atoms with Crippen LogP contribution in [0.1, 0.15) is 11.1 Å². The van der Waals surface area contributed by atoms with E-state index in [2.05, 4.69) is 23.2 Å². The molecule has 4 nitrogen and oxygen atoms in total. The van der Waals surface area contributed by atoms with Crippen molar-refractivity contribution in [2.24, 2.45) is 0 Å². The summed E-state index contributed by atoms with van der Waals surface area (Å²) >= 11 is 0. The first-order valence-electron chi connectivity index (χ1n) is 6.61. The van der Waals surface area contributed by atoms with Crippen molar-refractivity contribution in [3.63, 3.8) is 0 Å². The minimum Gasteiger partial charge on any atom is -0.354 e. The number of non-ortho nitro benzene ring substituents is 1. The highest BCUT2D eigenvalue weighted by atomic mass is 16.6. The quantitative estimate of drug-likeness (QED) is 0.536. The SMILES string of the molecule is O=[N+]([O-])c1ccc2[nH]c3c(c2c1)CCc1ccccc1-3. The fourth-order valence-corrected chi connectivity index (χ4v) is 3.08. The summed E-state index contributed by atoms with van der Waals surface area (Å²) in [6, 6.07) is 13.4. The Morgan fingerprint density at radius 2 is 1.95 bits per heavy atom. The van der Waals surface area contributed by atoms with Crippen molar-refractivity contribution in [3.8, 4) is 11.3 Å². The Morgan fingerprint density at radius 3 is 2.80 bits per heavy atom. The molecule has 4 heteroatoms. The van der Waals surface area contributed by atoms with Crippen molar-refractivity contribution < 1.29 is 4.92 Å². The van der Waals surface area contributed by atoms with Gasteiger partial charge in [0.25, 0.3) is 5.69 Å². The van der Waals surface area contributed by atoms with Crippen LogP contribution in [0.15, 0.2) is 42.5 Å². The molecule has 0 saturated heterocycles. The molecule has 0 bridgehead atoms. The van der Waals surface area contributed by atoms with Gasteiger partial charge in [0.15, 0.2) is 0 Å². The number of nitrogens with zero attached hydrogens (tertiary/aromatic N) is 1. The number of H-pyrrole nitrogens is 1. The molecule has 0 atom stereocenters. The highest BCUT2D eigenvalue weighted by Crippen LogP contribution is 2.38. The molecule has 1 aliphatic carbocycles. The van der Waals surface area contributed by atoms with Crippen LogP contribution in [0.2, 0.25) is 0 Å². The van der Waals surface area contributed by atoms with Gasteiger partial charge in [0.2, 0.25) is 0 Å². The van der Waals surface area contributed by atoms with Crippen LogP contribution in [0.4, 0.5) is 5.69 Å². The summed E-state index contributed by atoms with van der Waals surface area (Å²) in [5, 5.41) is 11.9. The standard InChI is InChI=1S/C16H12N2O2/c19-18(20)11-6-8-15-14(9-11)13-7-5-10-3-1-2-4-12(10)16(13)17-15/h1-4,6,8-9,17H,5,7H2. The molecule has 1 N–H and O–H groups in total. The first-order chi connectivity index (χ1) is 9.74. The molecule has 1 heterocycles. The number of aromatic nitrogens is 1. The normalized spacial score (nSPS) is 13.0. The predicted octanol–water partition coefficient (Wildman–Crippen LogP) is 3.84. The molecule has 98 valence electrons. The van der Waals surface area contributed by atoms with Gasteiger partial charge < -0.3 is 4.98 Å². The minimum absolute atomic E-state index is 0.151. The van der Waals surface area contributed by atoms with E-state index in [0.717, 1.165) is 29.4 Å². The van der Waals surface area contributed by atoms with Gasteiger partial charge in [-0.2, -0.15) is 0 Å². The number of aryl methyl sites for hydroxylation is 2. The number of nitrogens with one attached hydrogen (secondary N) is 1. The van der Waals surface area contributed by atoms with Crippen molar-refractivity contribution in [3.05, 3.63) is 63.7 Å². The summed E-state index contributed by atoms with van der Waals surface area (Å²) < 4.78 is 0. The molecule has 1 aromatic heterocycles. The fraction of sp³-hybridized carbons (Fsp3) is 0.125. The van der Waals surface area contributed by atoms with Crippen LogP contribution in [0.5, 0.6) is 0 Å². The number of nitro groups is 1. The number of rotatable bonds is 1. The molecule has 0 amide bonds. The second-order valence-electron chi connectivity index (χ2n) is 5.12. The van der Waals surface area contributed by atoms with E-state index in [9.17, 15) is 10.1 Å². The van der Waals surface area contributed by atoms with Crippen LogP contribution in [-0.2, 0) is 12.8 Å². The van der Waals surface area contributed by atoms with Gasteiger partial charge in [0.1, 0.15) is 0 Å². The van der Waals surface area contributed by atoms with Gasteiger partial charge in [-0.15, -0.1) is 0 Å². The molecule has 0 aliphatic heterocycles. The van der Waals surface area contributed by atoms with E-state index in [0.29, 0.717) is 0 Å². The Labute approximate surface area is 115 Å². The molecule has 3 aromatic rings. The monoisotopic (exact) mass is 264 g/mol. The highest BCUT2D eigenvalue weighted by molar-refractivity contribution is 5.93. The molecule has 0 fully saturated rings. The molecule has 0 saturated carbocycles.